The zero-order valence-corrected chi connectivity index (χ0v) is 13.6. The predicted molar refractivity (Wildman–Crippen MR) is 93.2 cm³/mol. The largest absolute Gasteiger partial charge is 0.360 e. The second-order valence-electron chi connectivity index (χ2n) is 5.97. The minimum absolute atomic E-state index is 0.372. The smallest absolute Gasteiger partial charge is 0.295 e. The van der Waals surface area contributed by atoms with E-state index in [0.717, 1.165) is 17.5 Å². The fourth-order valence-electron chi connectivity index (χ4n) is 3.21. The van der Waals surface area contributed by atoms with Crippen LogP contribution < -0.4 is 0 Å². The van der Waals surface area contributed by atoms with E-state index in [1.807, 2.05) is 18.2 Å². The molecule has 4 rings (SSSR count). The summed E-state index contributed by atoms with van der Waals surface area (Å²) in [6, 6.07) is 13.3. The second-order valence-corrected chi connectivity index (χ2v) is 6.40. The van der Waals surface area contributed by atoms with Gasteiger partial charge in [0.1, 0.15) is 0 Å². The summed E-state index contributed by atoms with van der Waals surface area (Å²) in [5.41, 5.74) is 3.51. The monoisotopic (exact) mass is 338 g/mol. The normalized spacial score (nSPS) is 13.8. The van der Waals surface area contributed by atoms with Crippen LogP contribution >= 0.6 is 11.6 Å². The molecule has 4 nitrogen and oxygen atoms in total. The molecular formula is C19H15ClN2O2. The molecule has 2 aromatic carbocycles. The molecule has 0 aliphatic carbocycles. The number of amides is 1. The SMILES string of the molecule is O=C(C(=O)N1CCc2ccccc2C1)c1c[nH]c2ccc(Cl)cc12. The van der Waals surface area contributed by atoms with E-state index in [2.05, 4.69) is 11.1 Å². The van der Waals surface area contributed by atoms with Crippen LogP contribution in [0.25, 0.3) is 10.9 Å². The number of halogens is 1. The summed E-state index contributed by atoms with van der Waals surface area (Å²) >= 11 is 6.02. The number of aromatic amines is 1. The number of benzene rings is 2. The lowest BCUT2D eigenvalue weighted by molar-refractivity contribution is -0.127. The number of rotatable bonds is 2. The van der Waals surface area contributed by atoms with Gasteiger partial charge in [0.05, 0.1) is 5.56 Å². The number of H-pyrrole nitrogens is 1. The van der Waals surface area contributed by atoms with Crippen molar-refractivity contribution in [2.24, 2.45) is 0 Å². The van der Waals surface area contributed by atoms with Gasteiger partial charge in [-0.25, -0.2) is 0 Å². The summed E-state index contributed by atoms with van der Waals surface area (Å²) in [5, 5.41) is 1.22. The molecule has 2 heterocycles. The van der Waals surface area contributed by atoms with Crippen molar-refractivity contribution in [3.63, 3.8) is 0 Å². The van der Waals surface area contributed by atoms with Gasteiger partial charge in [-0.3, -0.25) is 9.59 Å². The van der Waals surface area contributed by atoms with Crippen molar-refractivity contribution in [2.75, 3.05) is 6.54 Å². The van der Waals surface area contributed by atoms with Gasteiger partial charge in [0.25, 0.3) is 11.7 Å². The van der Waals surface area contributed by atoms with E-state index in [-0.39, 0.29) is 0 Å². The molecule has 0 bridgehead atoms. The van der Waals surface area contributed by atoms with Crippen LogP contribution in [0.4, 0.5) is 0 Å². The first-order valence-corrected chi connectivity index (χ1v) is 8.18. The fourth-order valence-corrected chi connectivity index (χ4v) is 3.38. The average molecular weight is 339 g/mol. The lowest BCUT2D eigenvalue weighted by Gasteiger charge is -2.28. The molecule has 24 heavy (non-hydrogen) atoms. The van der Waals surface area contributed by atoms with Crippen molar-refractivity contribution in [3.05, 3.63) is 70.4 Å². The molecule has 0 saturated carbocycles. The highest BCUT2D eigenvalue weighted by Gasteiger charge is 2.28. The number of ketones is 1. The van der Waals surface area contributed by atoms with Crippen molar-refractivity contribution < 1.29 is 9.59 Å². The Labute approximate surface area is 144 Å². The summed E-state index contributed by atoms with van der Waals surface area (Å²) in [6.45, 7) is 1.04. The van der Waals surface area contributed by atoms with E-state index >= 15 is 0 Å². The molecule has 1 aliphatic rings. The molecule has 0 radical (unpaired) electrons. The third kappa shape index (κ3) is 2.49. The van der Waals surface area contributed by atoms with Crippen molar-refractivity contribution in [1.82, 2.24) is 9.88 Å². The molecule has 0 unspecified atom stereocenters. The third-order valence-corrected chi connectivity index (χ3v) is 4.74. The first-order chi connectivity index (χ1) is 11.6. The van der Waals surface area contributed by atoms with Crippen LogP contribution in [0.15, 0.2) is 48.7 Å². The maximum atomic E-state index is 12.7. The molecule has 0 fully saturated rings. The van der Waals surface area contributed by atoms with E-state index in [9.17, 15) is 9.59 Å². The van der Waals surface area contributed by atoms with Gasteiger partial charge in [0.2, 0.25) is 0 Å². The zero-order chi connectivity index (χ0) is 16.7. The predicted octanol–water partition coefficient (Wildman–Crippen LogP) is 3.59. The summed E-state index contributed by atoms with van der Waals surface area (Å²) in [4.78, 5) is 30.0. The van der Waals surface area contributed by atoms with Gasteiger partial charge in [0, 0.05) is 35.2 Å². The van der Waals surface area contributed by atoms with Crippen molar-refractivity contribution in [2.45, 2.75) is 13.0 Å². The molecule has 1 aliphatic heterocycles. The molecule has 3 aromatic rings. The number of fused-ring (bicyclic) bond motifs is 2. The van der Waals surface area contributed by atoms with Crippen molar-refractivity contribution in [3.8, 4) is 0 Å². The minimum Gasteiger partial charge on any atom is -0.360 e. The zero-order valence-electron chi connectivity index (χ0n) is 12.9. The lowest BCUT2D eigenvalue weighted by Crippen LogP contribution is -2.40. The van der Waals surface area contributed by atoms with E-state index in [4.69, 9.17) is 11.6 Å². The highest BCUT2D eigenvalue weighted by atomic mass is 35.5. The molecule has 0 saturated heterocycles. The number of hydrogen-bond acceptors (Lipinski definition) is 2. The molecule has 0 spiro atoms. The van der Waals surface area contributed by atoms with Gasteiger partial charge in [-0.1, -0.05) is 35.9 Å². The Morgan fingerprint density at radius 3 is 2.71 bits per heavy atom. The molecular weight excluding hydrogens is 324 g/mol. The molecule has 1 N–H and O–H groups in total. The Balaban J connectivity index is 1.62. The average Bonchev–Trinajstić information content (AvgIpc) is 3.03. The Kier molecular flexibility index (Phi) is 3.62. The summed E-state index contributed by atoms with van der Waals surface area (Å²) in [7, 11) is 0. The Morgan fingerprint density at radius 1 is 1.08 bits per heavy atom. The van der Waals surface area contributed by atoms with Gasteiger partial charge in [-0.2, -0.15) is 0 Å². The first kappa shape index (κ1) is 15.0. The van der Waals surface area contributed by atoms with Crippen molar-refractivity contribution >= 4 is 34.2 Å². The summed E-state index contributed by atoms with van der Waals surface area (Å²) in [5.74, 6) is -0.965. The summed E-state index contributed by atoms with van der Waals surface area (Å²) in [6.07, 6.45) is 2.36. The Morgan fingerprint density at radius 2 is 1.88 bits per heavy atom. The molecule has 0 atom stereocenters. The van der Waals surface area contributed by atoms with Crippen LogP contribution in [0.1, 0.15) is 21.5 Å². The van der Waals surface area contributed by atoms with Crippen LogP contribution in [0, 0.1) is 0 Å². The highest BCUT2D eigenvalue weighted by molar-refractivity contribution is 6.45. The van der Waals surface area contributed by atoms with Crippen LogP contribution in [-0.4, -0.2) is 28.1 Å². The highest BCUT2D eigenvalue weighted by Crippen LogP contribution is 2.24. The fraction of sp³-hybridized carbons (Fsp3) is 0.158. The minimum atomic E-state index is -0.497. The van der Waals surface area contributed by atoms with Crippen LogP contribution in [-0.2, 0) is 17.8 Å². The third-order valence-electron chi connectivity index (χ3n) is 4.50. The molecule has 1 aromatic heterocycles. The van der Waals surface area contributed by atoms with E-state index in [0.29, 0.717) is 29.1 Å². The number of carbonyl (C=O) groups is 2. The molecule has 5 heteroatoms. The Hall–Kier alpha value is -2.59. The van der Waals surface area contributed by atoms with E-state index in [1.54, 1.807) is 29.3 Å². The molecule has 1 amide bonds. The second kappa shape index (κ2) is 5.80. The topological polar surface area (TPSA) is 53.2 Å². The number of carbonyl (C=O) groups excluding carboxylic acids is 2. The number of nitrogens with one attached hydrogen (secondary N) is 1. The van der Waals surface area contributed by atoms with Crippen molar-refractivity contribution in [1.29, 1.82) is 0 Å². The van der Waals surface area contributed by atoms with Gasteiger partial charge in [0.15, 0.2) is 0 Å². The van der Waals surface area contributed by atoms with Crippen LogP contribution in [0.3, 0.4) is 0 Å². The summed E-state index contributed by atoms with van der Waals surface area (Å²) < 4.78 is 0. The van der Waals surface area contributed by atoms with Gasteiger partial charge < -0.3 is 9.88 Å². The van der Waals surface area contributed by atoms with Crippen LogP contribution in [0.2, 0.25) is 5.02 Å². The van der Waals surface area contributed by atoms with Crippen LogP contribution in [0.5, 0.6) is 0 Å². The number of aromatic nitrogens is 1. The Bertz CT molecular complexity index is 961. The van der Waals surface area contributed by atoms with E-state index in [1.165, 1.54) is 5.56 Å². The standard InChI is InChI=1S/C19H15ClN2O2/c20-14-5-6-17-15(9-14)16(10-21-17)18(23)19(24)22-8-7-12-3-1-2-4-13(12)11-22/h1-6,9-10,21H,7-8,11H2. The van der Waals surface area contributed by atoms with Gasteiger partial charge in [-0.05, 0) is 35.7 Å². The lowest BCUT2D eigenvalue weighted by atomic mass is 9.99. The number of nitrogens with zero attached hydrogens (tertiary/aromatic N) is 1. The quantitative estimate of drug-likeness (QED) is 0.573. The maximum Gasteiger partial charge on any atom is 0.295 e. The molecule has 120 valence electrons. The van der Waals surface area contributed by atoms with Gasteiger partial charge in [-0.15, -0.1) is 0 Å². The van der Waals surface area contributed by atoms with Gasteiger partial charge >= 0.3 is 0 Å². The van der Waals surface area contributed by atoms with E-state index < -0.39 is 11.7 Å². The first-order valence-electron chi connectivity index (χ1n) is 7.80. The number of hydrogen-bond donors (Lipinski definition) is 1. The maximum absolute atomic E-state index is 12.7. The number of Topliss-reactive ketones (excluding diaryl/α,β-unsaturated/α-hetero) is 1.